The van der Waals surface area contributed by atoms with Crippen molar-refractivity contribution in [3.05, 3.63) is 59.6 Å². The molecule has 1 aliphatic heterocycles. The van der Waals surface area contributed by atoms with Crippen LogP contribution in [0.3, 0.4) is 0 Å². The summed E-state index contributed by atoms with van der Waals surface area (Å²) in [5.74, 6) is -0.878. The molecule has 1 atom stereocenters. The summed E-state index contributed by atoms with van der Waals surface area (Å²) >= 11 is 0. The van der Waals surface area contributed by atoms with Crippen molar-refractivity contribution in [2.45, 2.75) is 25.8 Å². The zero-order valence-electron chi connectivity index (χ0n) is 14.3. The molecule has 4 rings (SSSR count). The Morgan fingerprint density at radius 1 is 1.31 bits per heavy atom. The van der Waals surface area contributed by atoms with Crippen LogP contribution in [0.5, 0.6) is 0 Å². The topological polar surface area (TPSA) is 51.0 Å². The molecule has 26 heavy (non-hydrogen) atoms. The van der Waals surface area contributed by atoms with Gasteiger partial charge in [-0.05, 0) is 43.7 Å². The number of halogens is 2. The van der Waals surface area contributed by atoms with E-state index in [1.54, 1.807) is 11.1 Å². The fraction of sp³-hybridized carbons (Fsp3) is 0.316. The van der Waals surface area contributed by atoms with E-state index in [2.05, 4.69) is 9.55 Å². The fourth-order valence-electron chi connectivity index (χ4n) is 3.59. The minimum absolute atomic E-state index is 0.0460. The highest BCUT2D eigenvalue weighted by Gasteiger charge is 2.32. The van der Waals surface area contributed by atoms with Crippen molar-refractivity contribution in [3.8, 4) is 0 Å². The van der Waals surface area contributed by atoms with Gasteiger partial charge in [0.1, 0.15) is 23.0 Å². The lowest BCUT2D eigenvalue weighted by molar-refractivity contribution is 0.0785. The van der Waals surface area contributed by atoms with E-state index in [4.69, 9.17) is 4.98 Å². The van der Waals surface area contributed by atoms with Crippen LogP contribution >= 0.6 is 0 Å². The van der Waals surface area contributed by atoms with Gasteiger partial charge in [0.05, 0.1) is 5.56 Å². The van der Waals surface area contributed by atoms with Crippen LogP contribution in [0.2, 0.25) is 0 Å². The van der Waals surface area contributed by atoms with Gasteiger partial charge in [-0.2, -0.15) is 0 Å². The van der Waals surface area contributed by atoms with Crippen LogP contribution in [0.15, 0.2) is 36.5 Å². The first-order valence-corrected chi connectivity index (χ1v) is 8.64. The van der Waals surface area contributed by atoms with Gasteiger partial charge >= 0.3 is 0 Å². The molecule has 3 heterocycles. The van der Waals surface area contributed by atoms with Crippen molar-refractivity contribution >= 4 is 17.1 Å². The van der Waals surface area contributed by atoms with Crippen LogP contribution in [0.25, 0.3) is 11.2 Å². The van der Waals surface area contributed by atoms with E-state index in [1.165, 1.54) is 0 Å². The maximum Gasteiger partial charge on any atom is 0.256 e. The molecule has 134 valence electrons. The number of carbonyl (C=O) groups is 1. The molecular weight excluding hydrogens is 338 g/mol. The van der Waals surface area contributed by atoms with E-state index < -0.39 is 17.5 Å². The second-order valence-electron chi connectivity index (χ2n) is 6.42. The molecule has 0 aliphatic carbocycles. The predicted molar refractivity (Wildman–Crippen MR) is 92.8 cm³/mol. The van der Waals surface area contributed by atoms with Crippen LogP contribution in [0.1, 0.15) is 35.4 Å². The SMILES string of the molecule is CCn1c([C@H]2CCN(C(=O)c3cc(F)ccc3F)C2)nc2cccnc21. The highest BCUT2D eigenvalue weighted by Crippen LogP contribution is 2.30. The van der Waals surface area contributed by atoms with E-state index in [0.29, 0.717) is 13.1 Å². The Balaban J connectivity index is 1.61. The fourth-order valence-corrected chi connectivity index (χ4v) is 3.59. The van der Waals surface area contributed by atoms with Gasteiger partial charge in [0.2, 0.25) is 0 Å². The molecule has 1 aromatic carbocycles. The first kappa shape index (κ1) is 16.6. The Kier molecular flexibility index (Phi) is 4.14. The summed E-state index contributed by atoms with van der Waals surface area (Å²) in [6, 6.07) is 6.71. The molecule has 1 fully saturated rings. The lowest BCUT2D eigenvalue weighted by Gasteiger charge is -2.17. The van der Waals surface area contributed by atoms with Crippen molar-refractivity contribution in [2.75, 3.05) is 13.1 Å². The number of hydrogen-bond donors (Lipinski definition) is 0. The van der Waals surface area contributed by atoms with Gasteiger partial charge < -0.3 is 9.47 Å². The average Bonchev–Trinajstić information content (AvgIpc) is 3.27. The lowest BCUT2D eigenvalue weighted by Crippen LogP contribution is -2.29. The summed E-state index contributed by atoms with van der Waals surface area (Å²) in [5.41, 5.74) is 1.42. The normalized spacial score (nSPS) is 17.2. The first-order valence-electron chi connectivity index (χ1n) is 8.64. The number of rotatable bonds is 3. The number of imidazole rings is 1. The highest BCUT2D eigenvalue weighted by atomic mass is 19.1. The minimum atomic E-state index is -0.704. The third-order valence-corrected chi connectivity index (χ3v) is 4.85. The average molecular weight is 356 g/mol. The van der Waals surface area contributed by atoms with Crippen molar-refractivity contribution in [1.82, 2.24) is 19.4 Å². The summed E-state index contributed by atoms with van der Waals surface area (Å²) in [5, 5.41) is 0. The number of aromatic nitrogens is 3. The molecule has 0 bridgehead atoms. The molecule has 0 N–H and O–H groups in total. The largest absolute Gasteiger partial charge is 0.338 e. The standard InChI is InChI=1S/C19H18F2N4O/c1-2-25-17(23-16-4-3-8-22-18(16)25)12-7-9-24(11-12)19(26)14-10-13(20)5-6-15(14)21/h3-6,8,10,12H,2,7,9,11H2,1H3/t12-/m0/s1. The van der Waals surface area contributed by atoms with Crippen LogP contribution < -0.4 is 0 Å². The molecule has 1 saturated heterocycles. The predicted octanol–water partition coefficient (Wildman–Crippen LogP) is 3.36. The van der Waals surface area contributed by atoms with Gasteiger partial charge in [-0.25, -0.2) is 18.7 Å². The van der Waals surface area contributed by atoms with E-state index in [1.807, 2.05) is 19.1 Å². The molecule has 5 nitrogen and oxygen atoms in total. The second kappa shape index (κ2) is 6.48. The number of aryl methyl sites for hydroxylation is 1. The smallest absolute Gasteiger partial charge is 0.256 e. The summed E-state index contributed by atoms with van der Waals surface area (Å²) in [4.78, 5) is 23.3. The van der Waals surface area contributed by atoms with Gasteiger partial charge in [0.25, 0.3) is 5.91 Å². The van der Waals surface area contributed by atoms with E-state index in [0.717, 1.165) is 48.2 Å². The molecule has 0 radical (unpaired) electrons. The number of nitrogens with zero attached hydrogens (tertiary/aromatic N) is 4. The monoisotopic (exact) mass is 356 g/mol. The third-order valence-electron chi connectivity index (χ3n) is 4.85. The Bertz CT molecular complexity index is 985. The summed E-state index contributed by atoms with van der Waals surface area (Å²) < 4.78 is 29.4. The highest BCUT2D eigenvalue weighted by molar-refractivity contribution is 5.94. The number of likely N-dealkylation sites (tertiary alicyclic amines) is 1. The number of carbonyl (C=O) groups excluding carboxylic acids is 1. The molecule has 1 aliphatic rings. The van der Waals surface area contributed by atoms with Crippen LogP contribution in [-0.4, -0.2) is 38.4 Å². The third kappa shape index (κ3) is 2.73. The molecular formula is C19H18F2N4O. The van der Waals surface area contributed by atoms with Crippen molar-refractivity contribution in [3.63, 3.8) is 0 Å². The van der Waals surface area contributed by atoms with Gasteiger partial charge in [-0.3, -0.25) is 4.79 Å². The van der Waals surface area contributed by atoms with Crippen LogP contribution in [0, 0.1) is 11.6 Å². The van der Waals surface area contributed by atoms with Crippen LogP contribution in [0.4, 0.5) is 8.78 Å². The van der Waals surface area contributed by atoms with Gasteiger partial charge in [-0.15, -0.1) is 0 Å². The number of benzene rings is 1. The Morgan fingerprint density at radius 3 is 2.96 bits per heavy atom. The maximum atomic E-state index is 13.9. The van der Waals surface area contributed by atoms with Gasteiger partial charge in [0.15, 0.2) is 5.65 Å². The Hall–Kier alpha value is -2.83. The number of pyridine rings is 1. The summed E-state index contributed by atoms with van der Waals surface area (Å²) in [6.45, 7) is 3.67. The zero-order chi connectivity index (χ0) is 18.3. The number of fused-ring (bicyclic) bond motifs is 1. The lowest BCUT2D eigenvalue weighted by atomic mass is 10.1. The van der Waals surface area contributed by atoms with E-state index >= 15 is 0 Å². The zero-order valence-corrected chi connectivity index (χ0v) is 14.3. The van der Waals surface area contributed by atoms with Crippen LogP contribution in [-0.2, 0) is 6.54 Å². The molecule has 7 heteroatoms. The quantitative estimate of drug-likeness (QED) is 0.723. The molecule has 0 unspecified atom stereocenters. The first-order chi connectivity index (χ1) is 12.6. The van der Waals surface area contributed by atoms with E-state index in [9.17, 15) is 13.6 Å². The number of hydrogen-bond acceptors (Lipinski definition) is 3. The minimum Gasteiger partial charge on any atom is -0.338 e. The maximum absolute atomic E-state index is 13.9. The molecule has 0 saturated carbocycles. The van der Waals surface area contributed by atoms with E-state index in [-0.39, 0.29) is 11.5 Å². The van der Waals surface area contributed by atoms with Crippen molar-refractivity contribution < 1.29 is 13.6 Å². The van der Waals surface area contributed by atoms with Crippen molar-refractivity contribution in [2.24, 2.45) is 0 Å². The Morgan fingerprint density at radius 2 is 2.15 bits per heavy atom. The second-order valence-corrected chi connectivity index (χ2v) is 6.42. The van der Waals surface area contributed by atoms with Gasteiger partial charge in [-0.1, -0.05) is 0 Å². The number of amides is 1. The summed E-state index contributed by atoms with van der Waals surface area (Å²) in [7, 11) is 0. The molecule has 2 aromatic heterocycles. The summed E-state index contributed by atoms with van der Waals surface area (Å²) in [6.07, 6.45) is 2.46. The molecule has 0 spiro atoms. The van der Waals surface area contributed by atoms with Gasteiger partial charge in [0, 0.05) is 31.7 Å². The Labute approximate surface area is 149 Å². The molecule has 1 amide bonds. The molecule has 3 aromatic rings. The van der Waals surface area contributed by atoms with Crippen molar-refractivity contribution in [1.29, 1.82) is 0 Å².